The molecule has 0 unspecified atom stereocenters. The van der Waals surface area contributed by atoms with Crippen molar-refractivity contribution < 1.29 is 23.4 Å². The number of esters is 1. The van der Waals surface area contributed by atoms with Gasteiger partial charge in [-0.05, 0) is 47.9 Å². The molecule has 0 spiro atoms. The fourth-order valence-corrected chi connectivity index (χ4v) is 4.41. The first-order valence-corrected chi connectivity index (χ1v) is 12.8. The highest BCUT2D eigenvalue weighted by Crippen LogP contribution is 2.37. The number of carbonyl (C=O) groups excluding carboxylic acids is 1. The van der Waals surface area contributed by atoms with Crippen molar-refractivity contribution in [2.75, 3.05) is 6.61 Å². The summed E-state index contributed by atoms with van der Waals surface area (Å²) in [4.78, 5) is 16.3. The fourth-order valence-electron chi connectivity index (χ4n) is 4.41. The zero-order chi connectivity index (χ0) is 27.2. The van der Waals surface area contributed by atoms with Gasteiger partial charge in [-0.3, -0.25) is 4.79 Å². The molecule has 200 valence electrons. The topological polar surface area (TPSA) is 102 Å². The summed E-state index contributed by atoms with van der Waals surface area (Å²) in [6.45, 7) is 3.17. The quantitative estimate of drug-likeness (QED) is 0.225. The van der Waals surface area contributed by atoms with Crippen LogP contribution in [0.15, 0.2) is 83.9 Å². The van der Waals surface area contributed by atoms with Crippen LogP contribution < -0.4 is 15.2 Å². The number of carbonyl (C=O) groups is 1. The molecule has 0 saturated heterocycles. The van der Waals surface area contributed by atoms with Crippen molar-refractivity contribution in [3.63, 3.8) is 0 Å². The summed E-state index contributed by atoms with van der Waals surface area (Å²) in [5, 5.41) is 0.883. The minimum absolute atomic E-state index is 0.143. The van der Waals surface area contributed by atoms with Crippen LogP contribution in [0.1, 0.15) is 29.3 Å². The Morgan fingerprint density at radius 1 is 0.974 bits per heavy atom. The number of nitrogens with two attached hydrogens (primary N) is 1. The molecule has 5 aromatic rings. The lowest BCUT2D eigenvalue weighted by Crippen LogP contribution is -2.09. The van der Waals surface area contributed by atoms with Gasteiger partial charge in [0.2, 0.25) is 0 Å². The lowest BCUT2D eigenvalue weighted by atomic mass is 10.00. The molecule has 0 saturated carbocycles. The molecule has 2 heterocycles. The van der Waals surface area contributed by atoms with Crippen LogP contribution >= 0.6 is 0 Å². The van der Waals surface area contributed by atoms with E-state index in [1.165, 1.54) is 0 Å². The number of para-hydroxylation sites is 1. The molecule has 2 aromatic heterocycles. The molecular formula is C31H31N3O5. The van der Waals surface area contributed by atoms with Gasteiger partial charge in [-0.15, -0.1) is 0 Å². The molecule has 8 heteroatoms. The number of fused-ring (bicyclic) bond motifs is 1. The normalized spacial score (nSPS) is 11.1. The molecule has 2 N–H and O–H groups in total. The Labute approximate surface area is 226 Å². The summed E-state index contributed by atoms with van der Waals surface area (Å²) in [6.07, 6.45) is 5.35. The van der Waals surface area contributed by atoms with Gasteiger partial charge in [-0.25, -0.2) is 4.98 Å². The second-order valence-corrected chi connectivity index (χ2v) is 9.18. The molecule has 0 aliphatic heterocycles. The van der Waals surface area contributed by atoms with Crippen molar-refractivity contribution in [3.05, 3.63) is 102 Å². The predicted molar refractivity (Wildman–Crippen MR) is 148 cm³/mol. The van der Waals surface area contributed by atoms with E-state index in [1.807, 2.05) is 60.1 Å². The molecule has 8 nitrogen and oxygen atoms in total. The Morgan fingerprint density at radius 2 is 1.82 bits per heavy atom. The first kappa shape index (κ1) is 26.1. The second-order valence-electron chi connectivity index (χ2n) is 9.18. The highest BCUT2D eigenvalue weighted by atomic mass is 16.5. The largest absolute Gasteiger partial charge is 0.488 e. The summed E-state index contributed by atoms with van der Waals surface area (Å²) in [7, 11) is 1.93. The van der Waals surface area contributed by atoms with Crippen molar-refractivity contribution >= 4 is 16.9 Å². The maximum Gasteiger partial charge on any atom is 0.310 e. The number of benzene rings is 3. The molecule has 5 rings (SSSR count). The minimum Gasteiger partial charge on any atom is -0.488 e. The summed E-state index contributed by atoms with van der Waals surface area (Å²) in [5.41, 5.74) is 12.1. The highest BCUT2D eigenvalue weighted by molar-refractivity contribution is 5.91. The van der Waals surface area contributed by atoms with Crippen molar-refractivity contribution in [3.8, 4) is 22.6 Å². The van der Waals surface area contributed by atoms with Gasteiger partial charge in [0.05, 0.1) is 37.5 Å². The number of furan rings is 1. The van der Waals surface area contributed by atoms with Crippen LogP contribution in [0.5, 0.6) is 11.5 Å². The van der Waals surface area contributed by atoms with Gasteiger partial charge in [-0.2, -0.15) is 0 Å². The smallest absolute Gasteiger partial charge is 0.310 e. The first-order valence-electron chi connectivity index (χ1n) is 12.8. The zero-order valence-electron chi connectivity index (χ0n) is 22.1. The third kappa shape index (κ3) is 5.97. The summed E-state index contributed by atoms with van der Waals surface area (Å²) in [6, 6.07) is 19.7. The Kier molecular flexibility index (Phi) is 7.94. The molecule has 0 radical (unpaired) electrons. The van der Waals surface area contributed by atoms with Crippen LogP contribution in [0.25, 0.3) is 22.1 Å². The van der Waals surface area contributed by atoms with Crippen molar-refractivity contribution in [1.29, 1.82) is 0 Å². The lowest BCUT2D eigenvalue weighted by molar-refractivity contribution is -0.142. The van der Waals surface area contributed by atoms with E-state index in [-0.39, 0.29) is 19.0 Å². The number of nitrogens with zero attached hydrogens (tertiary/aromatic N) is 2. The fraction of sp³-hybridized carbons (Fsp3) is 0.226. The second kappa shape index (κ2) is 11.9. The Bertz CT molecular complexity index is 1590. The van der Waals surface area contributed by atoms with E-state index in [4.69, 9.17) is 24.4 Å². The van der Waals surface area contributed by atoms with E-state index < -0.39 is 0 Å². The van der Waals surface area contributed by atoms with Gasteiger partial charge in [0, 0.05) is 30.1 Å². The number of rotatable bonds is 11. The zero-order valence-corrected chi connectivity index (χ0v) is 22.1. The maximum absolute atomic E-state index is 12.1. The standard InChI is InChI=1S/C31H31N3O5/c1-3-36-30(35)14-23-8-4-5-10-28(23)37-17-25-18-39-31-27(25)12-24(22-9-6-7-21(11-22)15-32)13-29(31)38-19-26-16-33-20-34(26)2/h4-13,16,18,20H,3,14-15,17,19,32H2,1-2H3. The van der Waals surface area contributed by atoms with E-state index in [1.54, 1.807) is 25.7 Å². The number of hydrogen-bond donors (Lipinski definition) is 1. The minimum atomic E-state index is -0.290. The van der Waals surface area contributed by atoms with Crippen molar-refractivity contribution in [2.45, 2.75) is 33.1 Å². The van der Waals surface area contributed by atoms with E-state index >= 15 is 0 Å². The summed E-state index contributed by atoms with van der Waals surface area (Å²) in [5.74, 6) is 0.956. The average Bonchev–Trinajstić information content (AvgIpc) is 3.56. The van der Waals surface area contributed by atoms with E-state index in [2.05, 4.69) is 17.1 Å². The molecule has 0 bridgehead atoms. The van der Waals surface area contributed by atoms with Gasteiger partial charge in [-0.1, -0.05) is 36.4 Å². The average molecular weight is 526 g/mol. The van der Waals surface area contributed by atoms with Crippen LogP contribution in [0, 0.1) is 0 Å². The summed E-state index contributed by atoms with van der Waals surface area (Å²) >= 11 is 0. The molecular weight excluding hydrogens is 494 g/mol. The van der Waals surface area contributed by atoms with Crippen LogP contribution in [0.3, 0.4) is 0 Å². The Morgan fingerprint density at radius 3 is 2.62 bits per heavy atom. The molecule has 39 heavy (non-hydrogen) atoms. The Balaban J connectivity index is 1.47. The molecule has 0 atom stereocenters. The van der Waals surface area contributed by atoms with Crippen molar-refractivity contribution in [2.24, 2.45) is 12.8 Å². The van der Waals surface area contributed by atoms with Gasteiger partial charge >= 0.3 is 5.97 Å². The van der Waals surface area contributed by atoms with Crippen LogP contribution in [-0.2, 0) is 42.8 Å². The lowest BCUT2D eigenvalue weighted by Gasteiger charge is -2.12. The molecule has 0 aliphatic carbocycles. The van der Waals surface area contributed by atoms with Crippen molar-refractivity contribution in [1.82, 2.24) is 9.55 Å². The third-order valence-corrected chi connectivity index (χ3v) is 6.50. The van der Waals surface area contributed by atoms with Gasteiger partial charge in [0.15, 0.2) is 11.3 Å². The number of hydrogen-bond acceptors (Lipinski definition) is 7. The van der Waals surface area contributed by atoms with E-state index in [0.29, 0.717) is 36.8 Å². The predicted octanol–water partition coefficient (Wildman–Crippen LogP) is 5.56. The van der Waals surface area contributed by atoms with Crippen LogP contribution in [-0.4, -0.2) is 22.1 Å². The van der Waals surface area contributed by atoms with Gasteiger partial charge in [0.1, 0.15) is 19.0 Å². The van der Waals surface area contributed by atoms with Gasteiger partial charge in [0.25, 0.3) is 0 Å². The molecule has 0 amide bonds. The van der Waals surface area contributed by atoms with E-state index in [0.717, 1.165) is 38.9 Å². The maximum atomic E-state index is 12.1. The van der Waals surface area contributed by atoms with Gasteiger partial charge < -0.3 is 28.9 Å². The first-order chi connectivity index (χ1) is 19.1. The molecule has 3 aromatic carbocycles. The number of imidazole rings is 1. The SMILES string of the molecule is CCOC(=O)Cc1ccccc1OCc1coc2c(OCc3cncn3C)cc(-c3cccc(CN)c3)cc12. The number of aryl methyl sites for hydroxylation is 1. The number of ether oxygens (including phenoxy) is 3. The summed E-state index contributed by atoms with van der Waals surface area (Å²) < 4.78 is 25.5. The number of aromatic nitrogens is 2. The third-order valence-electron chi connectivity index (χ3n) is 6.50. The van der Waals surface area contributed by atoms with E-state index in [9.17, 15) is 4.79 Å². The Hall–Kier alpha value is -4.56. The van der Waals surface area contributed by atoms with Crippen LogP contribution in [0.2, 0.25) is 0 Å². The molecule has 0 aliphatic rings. The highest BCUT2D eigenvalue weighted by Gasteiger charge is 2.17. The monoisotopic (exact) mass is 525 g/mol. The van der Waals surface area contributed by atoms with Crippen LogP contribution in [0.4, 0.5) is 0 Å². The molecule has 0 fully saturated rings.